The summed E-state index contributed by atoms with van der Waals surface area (Å²) in [5, 5.41) is 3.42. The van der Waals surface area contributed by atoms with Crippen LogP contribution in [0, 0.1) is 18.7 Å². The highest BCUT2D eigenvalue weighted by molar-refractivity contribution is 5.94. The molecule has 1 saturated carbocycles. The van der Waals surface area contributed by atoms with Gasteiger partial charge in [-0.3, -0.25) is 14.2 Å². The first-order valence-electron chi connectivity index (χ1n) is 10.1. The molecule has 3 aromatic rings. The number of aromatic nitrogens is 2. The van der Waals surface area contributed by atoms with Gasteiger partial charge in [0.2, 0.25) is 5.91 Å². The lowest BCUT2D eigenvalue weighted by molar-refractivity contribution is -0.120. The third-order valence-electron chi connectivity index (χ3n) is 5.64. The van der Waals surface area contributed by atoms with Crippen LogP contribution in [0.1, 0.15) is 43.5 Å². The van der Waals surface area contributed by atoms with Crippen LogP contribution in [-0.4, -0.2) is 15.5 Å². The Hall–Kier alpha value is -3.02. The van der Waals surface area contributed by atoms with E-state index >= 15 is 0 Å². The first-order valence-corrected chi connectivity index (χ1v) is 10.1. The predicted molar refractivity (Wildman–Crippen MR) is 111 cm³/mol. The molecular formula is C23H24FN3O2. The van der Waals surface area contributed by atoms with Crippen LogP contribution < -0.4 is 10.9 Å². The van der Waals surface area contributed by atoms with Crippen LogP contribution in [0.25, 0.3) is 10.9 Å². The fourth-order valence-electron chi connectivity index (χ4n) is 3.98. The maximum Gasteiger partial charge on any atom is 0.261 e. The number of rotatable bonds is 4. The Morgan fingerprint density at radius 3 is 2.59 bits per heavy atom. The average molecular weight is 393 g/mol. The highest BCUT2D eigenvalue weighted by Crippen LogP contribution is 2.25. The number of aryl methyl sites for hydroxylation is 1. The van der Waals surface area contributed by atoms with Gasteiger partial charge in [0, 0.05) is 11.6 Å². The van der Waals surface area contributed by atoms with Crippen LogP contribution in [0.3, 0.4) is 0 Å². The zero-order chi connectivity index (χ0) is 20.4. The summed E-state index contributed by atoms with van der Waals surface area (Å²) in [4.78, 5) is 30.2. The van der Waals surface area contributed by atoms with E-state index in [0.29, 0.717) is 29.0 Å². The van der Waals surface area contributed by atoms with Crippen molar-refractivity contribution in [3.05, 3.63) is 70.0 Å². The summed E-state index contributed by atoms with van der Waals surface area (Å²) in [6, 6.07) is 11.3. The van der Waals surface area contributed by atoms with Crippen LogP contribution in [-0.2, 0) is 11.3 Å². The molecule has 0 unspecified atom stereocenters. The Morgan fingerprint density at radius 1 is 1.14 bits per heavy atom. The highest BCUT2D eigenvalue weighted by atomic mass is 19.1. The van der Waals surface area contributed by atoms with E-state index in [9.17, 15) is 14.0 Å². The molecule has 0 atom stereocenters. The molecule has 1 heterocycles. The molecule has 1 fully saturated rings. The minimum absolute atomic E-state index is 0.0239. The lowest BCUT2D eigenvalue weighted by Gasteiger charge is -2.20. The summed E-state index contributed by atoms with van der Waals surface area (Å²) in [5.41, 5.74) is 1.85. The van der Waals surface area contributed by atoms with Gasteiger partial charge in [0.25, 0.3) is 5.56 Å². The molecule has 2 aromatic carbocycles. The van der Waals surface area contributed by atoms with E-state index in [4.69, 9.17) is 0 Å². The predicted octanol–water partition coefficient (Wildman–Crippen LogP) is 4.41. The van der Waals surface area contributed by atoms with E-state index in [1.807, 2.05) is 0 Å². The second-order valence-corrected chi connectivity index (χ2v) is 7.73. The van der Waals surface area contributed by atoms with Crippen LogP contribution in [0.5, 0.6) is 0 Å². The lowest BCUT2D eigenvalue weighted by Crippen LogP contribution is -2.26. The number of hydrogen-bond acceptors (Lipinski definition) is 3. The zero-order valence-electron chi connectivity index (χ0n) is 16.5. The number of fused-ring (bicyclic) bond motifs is 1. The Balaban J connectivity index is 1.63. The summed E-state index contributed by atoms with van der Waals surface area (Å²) in [5.74, 6) is 0.347. The third-order valence-corrected chi connectivity index (χ3v) is 5.64. The van der Waals surface area contributed by atoms with Crippen molar-refractivity contribution in [2.75, 3.05) is 5.32 Å². The number of halogens is 1. The number of carbonyl (C=O) groups excluding carboxylic acids is 1. The number of anilines is 1. The first-order chi connectivity index (χ1) is 14.0. The molecule has 4 rings (SSSR count). The molecule has 5 nitrogen and oxygen atoms in total. The number of hydrogen-bond donors (Lipinski definition) is 1. The van der Waals surface area contributed by atoms with Crippen LogP contribution in [0.15, 0.2) is 47.3 Å². The van der Waals surface area contributed by atoms with Crippen molar-refractivity contribution in [3.63, 3.8) is 0 Å². The number of carbonyl (C=O) groups is 1. The molecule has 0 aliphatic heterocycles. The molecule has 1 aromatic heterocycles. The van der Waals surface area contributed by atoms with Crippen molar-refractivity contribution in [2.45, 2.75) is 45.6 Å². The number of amides is 1. The van der Waals surface area contributed by atoms with Crippen molar-refractivity contribution < 1.29 is 9.18 Å². The van der Waals surface area contributed by atoms with Gasteiger partial charge in [0.05, 0.1) is 17.4 Å². The SMILES string of the molecule is Cc1nc2ccc(NC(=O)C3CCCCC3)cc2c(=O)n1Cc1ccc(F)cc1. The molecule has 0 radical (unpaired) electrons. The van der Waals surface area contributed by atoms with Gasteiger partial charge < -0.3 is 5.32 Å². The van der Waals surface area contributed by atoms with Gasteiger partial charge in [-0.05, 0) is 55.7 Å². The van der Waals surface area contributed by atoms with Crippen molar-refractivity contribution in [1.82, 2.24) is 9.55 Å². The third kappa shape index (κ3) is 4.21. The van der Waals surface area contributed by atoms with E-state index in [0.717, 1.165) is 31.2 Å². The molecule has 0 spiro atoms. The minimum atomic E-state index is -0.312. The standard InChI is InChI=1S/C23H24FN3O2/c1-15-25-21-12-11-19(26-22(28)17-5-3-2-4-6-17)13-20(21)23(29)27(15)14-16-7-9-18(24)10-8-16/h7-13,17H,2-6,14H2,1H3,(H,26,28). The summed E-state index contributed by atoms with van der Waals surface area (Å²) in [6.45, 7) is 2.09. The Kier molecular flexibility index (Phi) is 5.43. The fraction of sp³-hybridized carbons (Fsp3) is 0.348. The Morgan fingerprint density at radius 2 is 1.86 bits per heavy atom. The summed E-state index contributed by atoms with van der Waals surface area (Å²) < 4.78 is 14.7. The Bertz CT molecular complexity index is 1100. The van der Waals surface area contributed by atoms with Gasteiger partial charge in [0.15, 0.2) is 0 Å². The molecule has 0 saturated heterocycles. The van der Waals surface area contributed by atoms with E-state index < -0.39 is 0 Å². The van der Waals surface area contributed by atoms with Crippen LogP contribution >= 0.6 is 0 Å². The van der Waals surface area contributed by atoms with E-state index in [-0.39, 0.29) is 23.2 Å². The highest BCUT2D eigenvalue weighted by Gasteiger charge is 2.21. The van der Waals surface area contributed by atoms with Gasteiger partial charge in [-0.2, -0.15) is 0 Å². The number of nitrogens with one attached hydrogen (secondary N) is 1. The zero-order valence-corrected chi connectivity index (χ0v) is 16.5. The molecule has 150 valence electrons. The summed E-state index contributed by atoms with van der Waals surface area (Å²) in [6.07, 6.45) is 5.22. The van der Waals surface area contributed by atoms with Crippen molar-refractivity contribution in [1.29, 1.82) is 0 Å². The fourth-order valence-corrected chi connectivity index (χ4v) is 3.98. The first kappa shape index (κ1) is 19.3. The Labute approximate surface area is 168 Å². The normalized spacial score (nSPS) is 14.8. The molecule has 1 aliphatic rings. The lowest BCUT2D eigenvalue weighted by atomic mass is 9.88. The van der Waals surface area contributed by atoms with Crippen LogP contribution in [0.4, 0.5) is 10.1 Å². The summed E-state index contributed by atoms with van der Waals surface area (Å²) in [7, 11) is 0. The van der Waals surface area contributed by atoms with Gasteiger partial charge >= 0.3 is 0 Å². The van der Waals surface area contributed by atoms with E-state index in [2.05, 4.69) is 10.3 Å². The molecule has 0 bridgehead atoms. The second kappa shape index (κ2) is 8.15. The maximum absolute atomic E-state index is 13.2. The van der Waals surface area contributed by atoms with E-state index in [1.54, 1.807) is 41.8 Å². The molecule has 29 heavy (non-hydrogen) atoms. The smallest absolute Gasteiger partial charge is 0.261 e. The minimum Gasteiger partial charge on any atom is -0.326 e. The molecule has 1 aliphatic carbocycles. The summed E-state index contributed by atoms with van der Waals surface area (Å²) >= 11 is 0. The average Bonchev–Trinajstić information content (AvgIpc) is 2.73. The number of benzene rings is 2. The molecular weight excluding hydrogens is 369 g/mol. The maximum atomic E-state index is 13.2. The second-order valence-electron chi connectivity index (χ2n) is 7.73. The van der Waals surface area contributed by atoms with Gasteiger partial charge in [-0.15, -0.1) is 0 Å². The van der Waals surface area contributed by atoms with Gasteiger partial charge in [-0.25, -0.2) is 9.37 Å². The van der Waals surface area contributed by atoms with Crippen molar-refractivity contribution in [2.24, 2.45) is 5.92 Å². The largest absolute Gasteiger partial charge is 0.326 e. The van der Waals surface area contributed by atoms with Crippen molar-refractivity contribution >= 4 is 22.5 Å². The van der Waals surface area contributed by atoms with Gasteiger partial charge in [0.1, 0.15) is 11.6 Å². The molecule has 1 N–H and O–H groups in total. The van der Waals surface area contributed by atoms with Crippen molar-refractivity contribution in [3.8, 4) is 0 Å². The van der Waals surface area contributed by atoms with Gasteiger partial charge in [-0.1, -0.05) is 31.4 Å². The topological polar surface area (TPSA) is 64.0 Å². The van der Waals surface area contributed by atoms with E-state index in [1.165, 1.54) is 18.6 Å². The molecule has 6 heteroatoms. The number of nitrogens with zero attached hydrogens (tertiary/aromatic N) is 2. The monoisotopic (exact) mass is 393 g/mol. The quantitative estimate of drug-likeness (QED) is 0.714. The molecule has 1 amide bonds. The van der Waals surface area contributed by atoms with Crippen LogP contribution in [0.2, 0.25) is 0 Å².